The molecule has 1 aromatic heterocycles. The zero-order valence-corrected chi connectivity index (χ0v) is 16.1. The van der Waals surface area contributed by atoms with Gasteiger partial charge in [0.2, 0.25) is 5.91 Å². The number of nitrogens with zero attached hydrogens (tertiary/aromatic N) is 2. The molecule has 0 saturated carbocycles. The molecule has 1 saturated heterocycles. The molecule has 2 heterocycles. The first-order chi connectivity index (χ1) is 10.1. The van der Waals surface area contributed by atoms with Crippen LogP contribution in [0.25, 0.3) is 0 Å². The highest BCUT2D eigenvalue weighted by Crippen LogP contribution is 2.26. The van der Waals surface area contributed by atoms with E-state index in [4.69, 9.17) is 10.5 Å². The summed E-state index contributed by atoms with van der Waals surface area (Å²) in [4.78, 5) is 17.7. The topological polar surface area (TPSA) is 58.8 Å². The van der Waals surface area contributed by atoms with Crippen LogP contribution in [0.4, 0.5) is 0 Å². The molecule has 2 atom stereocenters. The van der Waals surface area contributed by atoms with Crippen LogP contribution in [0.5, 0.6) is 0 Å². The van der Waals surface area contributed by atoms with Crippen LogP contribution in [0, 0.1) is 0 Å². The first kappa shape index (κ1) is 22.6. The van der Waals surface area contributed by atoms with E-state index in [2.05, 4.69) is 22.4 Å². The smallest absolute Gasteiger partial charge is 0.223 e. The molecule has 1 aromatic rings. The van der Waals surface area contributed by atoms with Crippen LogP contribution in [0.3, 0.4) is 0 Å². The molecule has 0 radical (unpaired) electrons. The summed E-state index contributed by atoms with van der Waals surface area (Å²) in [6.45, 7) is 5.92. The van der Waals surface area contributed by atoms with Crippen LogP contribution in [-0.4, -0.2) is 61.6 Å². The molecule has 0 spiro atoms. The lowest BCUT2D eigenvalue weighted by Gasteiger charge is -2.36. The molecule has 0 bridgehead atoms. The normalized spacial score (nSPS) is 17.5. The monoisotopic (exact) mass is 383 g/mol. The summed E-state index contributed by atoms with van der Waals surface area (Å²) in [5, 5.41) is 2.09. The molecule has 1 fully saturated rings. The number of halogens is 2. The molecule has 1 aliphatic rings. The predicted molar refractivity (Wildman–Crippen MR) is 99.9 cm³/mol. The van der Waals surface area contributed by atoms with Crippen LogP contribution >= 0.6 is 36.2 Å². The van der Waals surface area contributed by atoms with Crippen LogP contribution in [0.15, 0.2) is 17.5 Å². The van der Waals surface area contributed by atoms with Gasteiger partial charge in [-0.2, -0.15) is 0 Å². The fraction of sp³-hybridized carbons (Fsp3) is 0.667. The Morgan fingerprint density at radius 2 is 2.09 bits per heavy atom. The molecule has 0 aromatic carbocycles. The van der Waals surface area contributed by atoms with Crippen molar-refractivity contribution in [2.24, 2.45) is 5.73 Å². The Morgan fingerprint density at radius 3 is 2.61 bits per heavy atom. The molecule has 1 amide bonds. The largest absolute Gasteiger partial charge is 0.379 e. The number of carbonyl (C=O) groups excluding carboxylic acids is 1. The van der Waals surface area contributed by atoms with Crippen LogP contribution < -0.4 is 5.73 Å². The van der Waals surface area contributed by atoms with Gasteiger partial charge >= 0.3 is 0 Å². The average Bonchev–Trinajstić information content (AvgIpc) is 2.98. The minimum absolute atomic E-state index is 0. The second kappa shape index (κ2) is 11.2. The van der Waals surface area contributed by atoms with E-state index in [-0.39, 0.29) is 42.8 Å². The number of amides is 1. The summed E-state index contributed by atoms with van der Waals surface area (Å²) in [5.41, 5.74) is 5.73. The van der Waals surface area contributed by atoms with Gasteiger partial charge in [-0.25, -0.2) is 0 Å². The molecule has 2 unspecified atom stereocenters. The lowest BCUT2D eigenvalue weighted by atomic mass is 10.1. The number of nitrogens with two attached hydrogens (primary N) is 1. The van der Waals surface area contributed by atoms with Gasteiger partial charge in [0, 0.05) is 44.0 Å². The van der Waals surface area contributed by atoms with Gasteiger partial charge in [-0.3, -0.25) is 9.69 Å². The fourth-order valence-corrected chi connectivity index (χ4v) is 3.40. The van der Waals surface area contributed by atoms with Crippen molar-refractivity contribution in [3.8, 4) is 0 Å². The minimum atomic E-state index is -0.0940. The maximum atomic E-state index is 12.1. The number of carbonyl (C=O) groups is 1. The summed E-state index contributed by atoms with van der Waals surface area (Å²) in [7, 11) is 1.87. The first-order valence-electron chi connectivity index (χ1n) is 7.42. The Labute approximate surface area is 155 Å². The molecule has 134 valence electrons. The number of hydrogen-bond donors (Lipinski definition) is 1. The van der Waals surface area contributed by atoms with Gasteiger partial charge in [0.15, 0.2) is 0 Å². The number of rotatable bonds is 6. The third kappa shape index (κ3) is 6.95. The minimum Gasteiger partial charge on any atom is -0.379 e. The summed E-state index contributed by atoms with van der Waals surface area (Å²) in [5.74, 6) is 0.111. The Balaban J connectivity index is 0.00000242. The summed E-state index contributed by atoms with van der Waals surface area (Å²) < 4.78 is 5.44. The van der Waals surface area contributed by atoms with E-state index in [1.807, 2.05) is 18.9 Å². The highest BCUT2D eigenvalue weighted by molar-refractivity contribution is 7.10. The van der Waals surface area contributed by atoms with Crippen molar-refractivity contribution < 1.29 is 9.53 Å². The number of morpholine rings is 1. The number of hydrogen-bond acceptors (Lipinski definition) is 5. The van der Waals surface area contributed by atoms with Crippen LogP contribution in [-0.2, 0) is 9.53 Å². The molecule has 5 nitrogen and oxygen atoms in total. The lowest BCUT2D eigenvalue weighted by molar-refractivity contribution is -0.131. The summed E-state index contributed by atoms with van der Waals surface area (Å²) in [6.07, 6.45) is 0.400. The zero-order chi connectivity index (χ0) is 15.2. The predicted octanol–water partition coefficient (Wildman–Crippen LogP) is 2.16. The lowest BCUT2D eigenvalue weighted by Crippen LogP contribution is -2.44. The van der Waals surface area contributed by atoms with E-state index in [1.165, 1.54) is 4.88 Å². The molecular formula is C15H27Cl2N3O2S. The number of thiophene rings is 1. The van der Waals surface area contributed by atoms with Crippen molar-refractivity contribution in [3.05, 3.63) is 22.4 Å². The fourth-order valence-electron chi connectivity index (χ4n) is 2.55. The SMILES string of the molecule is CC(N)CC(=O)N(C)CC(c1cccs1)N1CCOCC1.Cl.Cl. The van der Waals surface area contributed by atoms with Crippen molar-refractivity contribution >= 4 is 42.1 Å². The van der Waals surface area contributed by atoms with Gasteiger partial charge in [0.1, 0.15) is 0 Å². The average molecular weight is 384 g/mol. The molecule has 2 N–H and O–H groups in total. The Morgan fingerprint density at radius 1 is 1.43 bits per heavy atom. The molecule has 8 heteroatoms. The summed E-state index contributed by atoms with van der Waals surface area (Å²) in [6, 6.07) is 4.37. The Hall–Kier alpha value is -0.370. The quantitative estimate of drug-likeness (QED) is 0.817. The van der Waals surface area contributed by atoms with Gasteiger partial charge in [0.25, 0.3) is 0 Å². The molecule has 23 heavy (non-hydrogen) atoms. The van der Waals surface area contributed by atoms with E-state index in [0.717, 1.165) is 26.3 Å². The standard InChI is InChI=1S/C15H25N3O2S.2ClH/c1-12(16)10-15(19)17(2)11-13(14-4-3-9-21-14)18-5-7-20-8-6-18;;/h3-4,9,12-13H,5-8,10-11,16H2,1-2H3;2*1H. The highest BCUT2D eigenvalue weighted by atomic mass is 35.5. The van der Waals surface area contributed by atoms with Gasteiger partial charge in [-0.1, -0.05) is 6.07 Å². The second-order valence-corrected chi connectivity index (χ2v) is 6.61. The number of likely N-dealkylation sites (N-methyl/N-ethyl adjacent to an activating group) is 1. The molecular weight excluding hydrogens is 357 g/mol. The van der Waals surface area contributed by atoms with Crippen molar-refractivity contribution in [2.45, 2.75) is 25.4 Å². The van der Waals surface area contributed by atoms with E-state index in [1.54, 1.807) is 11.3 Å². The van der Waals surface area contributed by atoms with Gasteiger partial charge in [-0.05, 0) is 18.4 Å². The van der Waals surface area contributed by atoms with Crippen molar-refractivity contribution in [1.82, 2.24) is 9.80 Å². The zero-order valence-electron chi connectivity index (χ0n) is 13.6. The van der Waals surface area contributed by atoms with Gasteiger partial charge in [-0.15, -0.1) is 36.2 Å². The second-order valence-electron chi connectivity index (χ2n) is 5.64. The van der Waals surface area contributed by atoms with Gasteiger partial charge in [0.05, 0.1) is 19.3 Å². The van der Waals surface area contributed by atoms with Crippen molar-refractivity contribution in [1.29, 1.82) is 0 Å². The van der Waals surface area contributed by atoms with Crippen molar-refractivity contribution in [2.75, 3.05) is 39.9 Å². The van der Waals surface area contributed by atoms with E-state index >= 15 is 0 Å². The van der Waals surface area contributed by atoms with Gasteiger partial charge < -0.3 is 15.4 Å². The summed E-state index contributed by atoms with van der Waals surface area (Å²) >= 11 is 1.75. The van der Waals surface area contributed by atoms with Crippen LogP contribution in [0.2, 0.25) is 0 Å². The third-order valence-electron chi connectivity index (χ3n) is 3.73. The van der Waals surface area contributed by atoms with E-state index in [0.29, 0.717) is 13.0 Å². The maximum absolute atomic E-state index is 12.1. The third-order valence-corrected chi connectivity index (χ3v) is 4.70. The molecule has 0 aliphatic carbocycles. The Bertz CT molecular complexity index is 440. The Kier molecular flexibility index (Phi) is 11.1. The molecule has 2 rings (SSSR count). The number of ether oxygens (including phenoxy) is 1. The highest BCUT2D eigenvalue weighted by Gasteiger charge is 2.26. The van der Waals surface area contributed by atoms with E-state index in [9.17, 15) is 4.79 Å². The van der Waals surface area contributed by atoms with Crippen molar-refractivity contribution in [3.63, 3.8) is 0 Å². The molecule has 1 aliphatic heterocycles. The van der Waals surface area contributed by atoms with Crippen LogP contribution in [0.1, 0.15) is 24.3 Å². The maximum Gasteiger partial charge on any atom is 0.223 e. The first-order valence-corrected chi connectivity index (χ1v) is 8.30. The van der Waals surface area contributed by atoms with E-state index < -0.39 is 0 Å².